The third-order valence-corrected chi connectivity index (χ3v) is 0. The van der Waals surface area contributed by atoms with Crippen LogP contribution in [0, 0.1) is 0 Å². The summed E-state index contributed by atoms with van der Waals surface area (Å²) < 4.78 is 65.7. The molecule has 0 radical (unpaired) electrons. The van der Waals surface area contributed by atoms with Crippen LogP contribution in [-0.2, 0) is 20.8 Å². The van der Waals surface area contributed by atoms with Crippen molar-refractivity contribution in [2.24, 2.45) is 0 Å². The fourth-order valence-electron chi connectivity index (χ4n) is 0. The summed E-state index contributed by atoms with van der Waals surface area (Å²) in [7, 11) is -9.83. The molecule has 2 N–H and O–H groups in total. The van der Waals surface area contributed by atoms with Crippen LogP contribution in [0.3, 0.4) is 0 Å². The van der Waals surface area contributed by atoms with Crippen molar-refractivity contribution in [3.8, 4) is 0 Å². The first-order valence-electron chi connectivity index (χ1n) is 1.37. The minimum atomic E-state index is -5.17. The Balaban J connectivity index is -0.000000107. The number of hydrogen-bond donors (Lipinski definition) is 2. The van der Waals surface area contributed by atoms with E-state index in [1.807, 2.05) is 0 Å². The van der Waals surface area contributed by atoms with E-state index in [0.717, 1.165) is 0 Å². The van der Waals surface area contributed by atoms with Crippen LogP contribution in [0.5, 0.6) is 0 Å². The van der Waals surface area contributed by atoms with Crippen LogP contribution in [0.25, 0.3) is 0 Å². The van der Waals surface area contributed by atoms with E-state index in [1.54, 1.807) is 0 Å². The van der Waals surface area contributed by atoms with Crippen molar-refractivity contribution in [1.82, 2.24) is 0 Å². The van der Waals surface area contributed by atoms with Crippen molar-refractivity contribution in [1.29, 1.82) is 0 Å². The quantitative estimate of drug-likeness (QED) is 0.274. The van der Waals surface area contributed by atoms with E-state index >= 15 is 0 Å². The molecule has 8 nitrogen and oxygen atoms in total. The Labute approximate surface area is 79.7 Å². The standard InChI is InChI=1S/2H2O4S.Sn.2H/c2*1-5(2,3)4;;;/h2*(H2,1,2,3,4);;;/q;;+2;;/p-2. The first-order valence-corrected chi connectivity index (χ1v) is 4.10. The van der Waals surface area contributed by atoms with E-state index in [1.165, 1.54) is 0 Å². The topological polar surface area (TPSA) is 155 Å². The van der Waals surface area contributed by atoms with Crippen LogP contribution in [0.2, 0.25) is 0 Å². The molecule has 0 saturated heterocycles. The van der Waals surface area contributed by atoms with Gasteiger partial charge in [-0.05, 0) is 0 Å². The maximum atomic E-state index is 8.74. The molecule has 0 aliphatic carbocycles. The summed E-state index contributed by atoms with van der Waals surface area (Å²) in [6.45, 7) is 0. The fraction of sp³-hybridized carbons (Fsp3) is 0. The summed E-state index contributed by atoms with van der Waals surface area (Å²) in [5.74, 6) is 0. The van der Waals surface area contributed by atoms with Crippen LogP contribution >= 0.6 is 0 Å². The molecular formula is H4O8S2Sn. The second-order valence-electron chi connectivity index (χ2n) is 0.856. The van der Waals surface area contributed by atoms with Gasteiger partial charge < -0.3 is 9.11 Å². The van der Waals surface area contributed by atoms with Gasteiger partial charge >= 0.3 is 34.3 Å². The molecule has 0 bridgehead atoms. The predicted octanol–water partition coefficient (Wildman–Crippen LogP) is -2.91. The van der Waals surface area contributed by atoms with Gasteiger partial charge in [-0.1, -0.05) is 0 Å². The molecule has 0 atom stereocenters. The van der Waals surface area contributed by atoms with E-state index in [0.29, 0.717) is 0 Å². The molecule has 68 valence electrons. The van der Waals surface area contributed by atoms with Crippen molar-refractivity contribution in [3.05, 3.63) is 0 Å². The monoisotopic (exact) mass is 316 g/mol. The molecule has 0 unspecified atom stereocenters. The van der Waals surface area contributed by atoms with E-state index < -0.39 is 20.8 Å². The molecule has 0 aromatic carbocycles. The normalized spacial score (nSPS) is 10.5. The average molecular weight is 315 g/mol. The van der Waals surface area contributed by atoms with Crippen LogP contribution in [-0.4, -0.2) is 59.0 Å². The third kappa shape index (κ3) is 2650. The van der Waals surface area contributed by atoms with Gasteiger partial charge in [0.05, 0.1) is 0 Å². The van der Waals surface area contributed by atoms with E-state index in [2.05, 4.69) is 0 Å². The Morgan fingerprint density at radius 1 is 0.909 bits per heavy atom. The summed E-state index contributed by atoms with van der Waals surface area (Å²) in [6, 6.07) is 0. The van der Waals surface area contributed by atoms with Crippen molar-refractivity contribution >= 4 is 44.7 Å². The zero-order valence-electron chi connectivity index (χ0n) is 4.87. The molecule has 0 rings (SSSR count). The molecule has 0 spiro atoms. The summed E-state index contributed by atoms with van der Waals surface area (Å²) in [5, 5.41) is 0. The molecule has 0 saturated carbocycles. The molecule has 11 heteroatoms. The second-order valence-corrected chi connectivity index (χ2v) is 2.57. The van der Waals surface area contributed by atoms with Crippen molar-refractivity contribution in [2.75, 3.05) is 0 Å². The van der Waals surface area contributed by atoms with E-state index in [9.17, 15) is 0 Å². The second kappa shape index (κ2) is 6.10. The first kappa shape index (κ1) is 17.6. The molecule has 0 heterocycles. The summed E-state index contributed by atoms with van der Waals surface area (Å²) in [6.07, 6.45) is 0. The van der Waals surface area contributed by atoms with Gasteiger partial charge in [-0.25, -0.2) is 0 Å². The molecule has 0 aliphatic rings. The predicted molar refractivity (Wildman–Crippen MR) is 33.2 cm³/mol. The minimum absolute atomic E-state index is 0. The zero-order chi connectivity index (χ0) is 9.00. The average Bonchev–Trinajstić information content (AvgIpc) is 1.12. The van der Waals surface area contributed by atoms with E-state index in [-0.39, 0.29) is 23.9 Å². The Hall–Kier alpha value is 0.539. The van der Waals surface area contributed by atoms with Gasteiger partial charge in [-0.3, -0.25) is 17.5 Å². The van der Waals surface area contributed by atoms with Crippen molar-refractivity contribution in [2.45, 2.75) is 0 Å². The van der Waals surface area contributed by atoms with Gasteiger partial charge in [0.2, 0.25) is 0 Å². The van der Waals surface area contributed by atoms with Gasteiger partial charge in [-0.2, -0.15) is 8.42 Å². The molecule has 0 aromatic rings. The maximum absolute atomic E-state index is 8.74. The van der Waals surface area contributed by atoms with Gasteiger partial charge in [0, 0.05) is 10.4 Å². The number of hydrogen-bond acceptors (Lipinski definition) is 6. The SMILES string of the molecule is O=S(=O)(O)O.O=S(=O)([O-])[O-].[SnH2+2]. The molecule has 0 aliphatic heterocycles. The summed E-state index contributed by atoms with van der Waals surface area (Å²) in [4.78, 5) is 0. The van der Waals surface area contributed by atoms with Crippen LogP contribution in [0.4, 0.5) is 0 Å². The Bertz CT molecular complexity index is 208. The molecule has 0 aromatic heterocycles. The molecule has 0 fully saturated rings. The van der Waals surface area contributed by atoms with Gasteiger partial charge in [0.1, 0.15) is 0 Å². The Kier molecular flexibility index (Phi) is 9.75. The van der Waals surface area contributed by atoms with Crippen LogP contribution in [0.1, 0.15) is 0 Å². The van der Waals surface area contributed by atoms with Gasteiger partial charge in [-0.15, -0.1) is 0 Å². The van der Waals surface area contributed by atoms with Crippen LogP contribution < -0.4 is 0 Å². The Morgan fingerprint density at radius 2 is 0.909 bits per heavy atom. The third-order valence-electron chi connectivity index (χ3n) is 0. The zero-order valence-corrected chi connectivity index (χ0v) is 10.5. The van der Waals surface area contributed by atoms with Crippen LogP contribution in [0.15, 0.2) is 0 Å². The van der Waals surface area contributed by atoms with Crippen molar-refractivity contribution < 1.29 is 35.0 Å². The molecular weight excluding hydrogens is 311 g/mol. The summed E-state index contributed by atoms with van der Waals surface area (Å²) >= 11 is 0. The number of rotatable bonds is 0. The van der Waals surface area contributed by atoms with Crippen molar-refractivity contribution in [3.63, 3.8) is 0 Å². The molecule has 0 amide bonds. The van der Waals surface area contributed by atoms with Gasteiger partial charge in [0.15, 0.2) is 0 Å². The fourth-order valence-corrected chi connectivity index (χ4v) is 0. The molecule has 11 heavy (non-hydrogen) atoms. The first-order chi connectivity index (χ1) is 4.00. The summed E-state index contributed by atoms with van der Waals surface area (Å²) in [5.41, 5.74) is 0. The van der Waals surface area contributed by atoms with E-state index in [4.69, 9.17) is 35.0 Å². The Morgan fingerprint density at radius 3 is 0.909 bits per heavy atom. The van der Waals surface area contributed by atoms with Gasteiger partial charge in [0.25, 0.3) is 0 Å².